The van der Waals surface area contributed by atoms with Crippen molar-refractivity contribution in [3.05, 3.63) is 16.9 Å². The summed E-state index contributed by atoms with van der Waals surface area (Å²) in [4.78, 5) is 11.7. The van der Waals surface area contributed by atoms with Crippen molar-refractivity contribution >= 4 is 17.5 Å². The Labute approximate surface area is 94.6 Å². The number of hydrogen-bond acceptors (Lipinski definition) is 2. The minimum atomic E-state index is -0.146. The zero-order valence-electron chi connectivity index (χ0n) is 9.09. The molecule has 4 nitrogen and oxygen atoms in total. The van der Waals surface area contributed by atoms with Crippen molar-refractivity contribution in [1.82, 2.24) is 15.1 Å². The number of unbranched alkanes of at least 4 members (excludes halogenated alkanes) is 1. The van der Waals surface area contributed by atoms with Gasteiger partial charge in [0.15, 0.2) is 0 Å². The maximum absolute atomic E-state index is 11.7. The summed E-state index contributed by atoms with van der Waals surface area (Å²) >= 11 is 5.89. The van der Waals surface area contributed by atoms with Gasteiger partial charge in [0, 0.05) is 13.1 Å². The van der Waals surface area contributed by atoms with Gasteiger partial charge in [0.05, 0.1) is 11.2 Å². The molecule has 0 saturated carbocycles. The van der Waals surface area contributed by atoms with E-state index in [1.807, 2.05) is 6.92 Å². The lowest BCUT2D eigenvalue weighted by Crippen LogP contribution is -2.27. The largest absolute Gasteiger partial charge is 0.351 e. The standard InChI is InChI=1S/C10H16ClN3O/c1-3-5-6-12-10(15)9-8(11)7-13-14(9)4-2/h7H,3-6H2,1-2H3,(H,12,15). The summed E-state index contributed by atoms with van der Waals surface area (Å²) in [6.45, 7) is 5.32. The van der Waals surface area contributed by atoms with E-state index in [1.165, 1.54) is 6.20 Å². The summed E-state index contributed by atoms with van der Waals surface area (Å²) in [7, 11) is 0. The summed E-state index contributed by atoms with van der Waals surface area (Å²) in [5.41, 5.74) is 0.454. The van der Waals surface area contributed by atoms with E-state index < -0.39 is 0 Å². The van der Waals surface area contributed by atoms with Crippen molar-refractivity contribution in [2.75, 3.05) is 6.54 Å². The summed E-state index contributed by atoms with van der Waals surface area (Å²) in [6.07, 6.45) is 3.53. The van der Waals surface area contributed by atoms with Gasteiger partial charge in [-0.05, 0) is 13.3 Å². The van der Waals surface area contributed by atoms with Crippen LogP contribution in [-0.2, 0) is 6.54 Å². The molecule has 1 amide bonds. The molecule has 15 heavy (non-hydrogen) atoms. The molecule has 0 atom stereocenters. The second kappa shape index (κ2) is 5.75. The summed E-state index contributed by atoms with van der Waals surface area (Å²) in [5, 5.41) is 7.23. The van der Waals surface area contributed by atoms with Crippen LogP contribution in [0.25, 0.3) is 0 Å². The van der Waals surface area contributed by atoms with E-state index in [0.29, 0.717) is 23.8 Å². The van der Waals surface area contributed by atoms with Crippen molar-refractivity contribution in [1.29, 1.82) is 0 Å². The van der Waals surface area contributed by atoms with Gasteiger partial charge in [-0.1, -0.05) is 24.9 Å². The van der Waals surface area contributed by atoms with Gasteiger partial charge in [-0.2, -0.15) is 5.10 Å². The predicted octanol–water partition coefficient (Wildman–Crippen LogP) is 2.09. The molecule has 0 aliphatic rings. The summed E-state index contributed by atoms with van der Waals surface area (Å²) in [5.74, 6) is -0.146. The first-order valence-electron chi connectivity index (χ1n) is 5.20. The van der Waals surface area contributed by atoms with Crippen molar-refractivity contribution in [2.45, 2.75) is 33.2 Å². The average Bonchev–Trinajstić information content (AvgIpc) is 2.59. The average molecular weight is 230 g/mol. The van der Waals surface area contributed by atoms with E-state index in [-0.39, 0.29) is 5.91 Å². The van der Waals surface area contributed by atoms with E-state index in [2.05, 4.69) is 17.3 Å². The first kappa shape index (κ1) is 12.0. The number of rotatable bonds is 5. The van der Waals surface area contributed by atoms with Gasteiger partial charge in [-0.3, -0.25) is 9.48 Å². The topological polar surface area (TPSA) is 46.9 Å². The Kier molecular flexibility index (Phi) is 4.62. The lowest BCUT2D eigenvalue weighted by molar-refractivity contribution is 0.0942. The second-order valence-corrected chi connectivity index (χ2v) is 3.67. The van der Waals surface area contributed by atoms with Crippen LogP contribution in [-0.4, -0.2) is 22.2 Å². The monoisotopic (exact) mass is 229 g/mol. The Bertz CT molecular complexity index is 335. The third-order valence-corrected chi connectivity index (χ3v) is 2.40. The van der Waals surface area contributed by atoms with Crippen LogP contribution in [0.2, 0.25) is 5.02 Å². The van der Waals surface area contributed by atoms with Crippen molar-refractivity contribution in [2.24, 2.45) is 0 Å². The molecule has 0 spiro atoms. The fourth-order valence-corrected chi connectivity index (χ4v) is 1.52. The van der Waals surface area contributed by atoms with Gasteiger partial charge in [-0.25, -0.2) is 0 Å². The Balaban J connectivity index is 2.67. The number of aryl methyl sites for hydroxylation is 1. The number of carbonyl (C=O) groups excluding carboxylic acids is 1. The highest BCUT2D eigenvalue weighted by Gasteiger charge is 2.15. The minimum Gasteiger partial charge on any atom is -0.351 e. The number of carbonyl (C=O) groups is 1. The molecule has 0 bridgehead atoms. The molecule has 1 aromatic heterocycles. The van der Waals surface area contributed by atoms with E-state index in [4.69, 9.17) is 11.6 Å². The minimum absolute atomic E-state index is 0.146. The third kappa shape index (κ3) is 2.96. The molecule has 1 N–H and O–H groups in total. The van der Waals surface area contributed by atoms with Crippen molar-refractivity contribution in [3.8, 4) is 0 Å². The highest BCUT2D eigenvalue weighted by molar-refractivity contribution is 6.33. The molecule has 0 saturated heterocycles. The normalized spacial score (nSPS) is 10.3. The van der Waals surface area contributed by atoms with E-state index in [0.717, 1.165) is 12.8 Å². The van der Waals surface area contributed by atoms with Crippen LogP contribution in [0, 0.1) is 0 Å². The van der Waals surface area contributed by atoms with E-state index in [1.54, 1.807) is 4.68 Å². The molecule has 1 heterocycles. The SMILES string of the molecule is CCCCNC(=O)c1c(Cl)cnn1CC. The Morgan fingerprint density at radius 3 is 2.93 bits per heavy atom. The van der Waals surface area contributed by atoms with Crippen LogP contribution in [0.4, 0.5) is 0 Å². The number of amides is 1. The molecule has 0 aliphatic heterocycles. The highest BCUT2D eigenvalue weighted by Crippen LogP contribution is 2.14. The van der Waals surface area contributed by atoms with Gasteiger partial charge in [-0.15, -0.1) is 0 Å². The van der Waals surface area contributed by atoms with Crippen LogP contribution in [0.1, 0.15) is 37.2 Å². The maximum Gasteiger partial charge on any atom is 0.271 e. The molecule has 0 radical (unpaired) electrons. The maximum atomic E-state index is 11.7. The molecule has 0 aromatic carbocycles. The van der Waals surface area contributed by atoms with Crippen molar-refractivity contribution in [3.63, 3.8) is 0 Å². The Morgan fingerprint density at radius 1 is 1.60 bits per heavy atom. The highest BCUT2D eigenvalue weighted by atomic mass is 35.5. The fourth-order valence-electron chi connectivity index (χ4n) is 1.29. The molecule has 1 aromatic rings. The number of hydrogen-bond donors (Lipinski definition) is 1. The van der Waals surface area contributed by atoms with Gasteiger partial charge < -0.3 is 5.32 Å². The zero-order chi connectivity index (χ0) is 11.3. The lowest BCUT2D eigenvalue weighted by atomic mass is 10.3. The van der Waals surface area contributed by atoms with Gasteiger partial charge in [0.2, 0.25) is 0 Å². The first-order valence-corrected chi connectivity index (χ1v) is 5.58. The molecule has 0 aliphatic carbocycles. The second-order valence-electron chi connectivity index (χ2n) is 3.27. The zero-order valence-corrected chi connectivity index (χ0v) is 9.84. The predicted molar refractivity (Wildman–Crippen MR) is 60.2 cm³/mol. The molecule has 5 heteroatoms. The van der Waals surface area contributed by atoms with Gasteiger partial charge in [0.1, 0.15) is 5.69 Å². The lowest BCUT2D eigenvalue weighted by Gasteiger charge is -2.06. The number of nitrogens with zero attached hydrogens (tertiary/aromatic N) is 2. The van der Waals surface area contributed by atoms with Crippen LogP contribution < -0.4 is 5.32 Å². The number of nitrogens with one attached hydrogen (secondary N) is 1. The van der Waals surface area contributed by atoms with Gasteiger partial charge in [0.25, 0.3) is 5.91 Å². The van der Waals surface area contributed by atoms with Crippen LogP contribution in [0.15, 0.2) is 6.20 Å². The van der Waals surface area contributed by atoms with Crippen LogP contribution in [0.5, 0.6) is 0 Å². The number of halogens is 1. The molecular weight excluding hydrogens is 214 g/mol. The van der Waals surface area contributed by atoms with E-state index >= 15 is 0 Å². The van der Waals surface area contributed by atoms with E-state index in [9.17, 15) is 4.79 Å². The number of aromatic nitrogens is 2. The van der Waals surface area contributed by atoms with Crippen molar-refractivity contribution < 1.29 is 4.79 Å². The molecular formula is C10H16ClN3O. The third-order valence-electron chi connectivity index (χ3n) is 2.13. The first-order chi connectivity index (χ1) is 7.20. The summed E-state index contributed by atoms with van der Waals surface area (Å²) < 4.78 is 1.60. The molecule has 0 unspecified atom stereocenters. The molecule has 0 fully saturated rings. The quantitative estimate of drug-likeness (QED) is 0.786. The fraction of sp³-hybridized carbons (Fsp3) is 0.600. The molecule has 84 valence electrons. The van der Waals surface area contributed by atoms with Gasteiger partial charge >= 0.3 is 0 Å². The Morgan fingerprint density at radius 2 is 2.33 bits per heavy atom. The summed E-state index contributed by atoms with van der Waals surface area (Å²) in [6, 6.07) is 0. The smallest absolute Gasteiger partial charge is 0.271 e. The Hall–Kier alpha value is -1.03. The van der Waals surface area contributed by atoms with Crippen LogP contribution >= 0.6 is 11.6 Å². The molecule has 1 rings (SSSR count). The van der Waals surface area contributed by atoms with Crippen LogP contribution in [0.3, 0.4) is 0 Å².